The molecule has 0 atom stereocenters. The largest absolute Gasteiger partial charge is 0.481 e. The van der Waals surface area contributed by atoms with Crippen molar-refractivity contribution in [2.45, 2.75) is 33.9 Å². The molecule has 4 nitrogen and oxygen atoms in total. The molecule has 0 N–H and O–H groups in total. The van der Waals surface area contributed by atoms with E-state index in [4.69, 9.17) is 4.74 Å². The van der Waals surface area contributed by atoms with E-state index in [0.29, 0.717) is 5.82 Å². The van der Waals surface area contributed by atoms with Crippen molar-refractivity contribution < 1.29 is 17.9 Å². The molecular formula is C12H16F3N3O. The standard InChI is InChI=1S/C10H10F3N3O.C2H6/c1-5-9-7(10(11,12)13)4-8(17-3)16(9)15-6(2)14-5;1-2/h4H,1-3H3;1-2H3. The first-order valence-corrected chi connectivity index (χ1v) is 5.82. The van der Waals surface area contributed by atoms with Crippen molar-refractivity contribution in [1.82, 2.24) is 14.6 Å². The molecule has 0 aromatic carbocycles. The van der Waals surface area contributed by atoms with Gasteiger partial charge in [-0.2, -0.15) is 17.7 Å². The molecule has 0 unspecified atom stereocenters. The van der Waals surface area contributed by atoms with Gasteiger partial charge in [0.1, 0.15) is 11.3 Å². The molecular weight excluding hydrogens is 259 g/mol. The molecule has 0 saturated carbocycles. The lowest BCUT2D eigenvalue weighted by Gasteiger charge is -2.06. The molecule has 0 amide bonds. The zero-order valence-electron chi connectivity index (χ0n) is 11.5. The van der Waals surface area contributed by atoms with E-state index in [0.717, 1.165) is 10.6 Å². The van der Waals surface area contributed by atoms with Gasteiger partial charge in [0.25, 0.3) is 0 Å². The summed E-state index contributed by atoms with van der Waals surface area (Å²) in [6.07, 6.45) is -4.45. The van der Waals surface area contributed by atoms with E-state index >= 15 is 0 Å². The van der Waals surface area contributed by atoms with Gasteiger partial charge in [0.15, 0.2) is 0 Å². The Labute approximate surface area is 109 Å². The predicted molar refractivity (Wildman–Crippen MR) is 65.4 cm³/mol. The summed E-state index contributed by atoms with van der Waals surface area (Å²) >= 11 is 0. The first-order valence-electron chi connectivity index (χ1n) is 5.82. The number of fused-ring (bicyclic) bond motifs is 1. The van der Waals surface area contributed by atoms with E-state index in [-0.39, 0.29) is 17.1 Å². The molecule has 19 heavy (non-hydrogen) atoms. The number of ether oxygens (including phenoxy) is 1. The summed E-state index contributed by atoms with van der Waals surface area (Å²) in [7, 11) is 1.30. The third kappa shape index (κ3) is 2.80. The number of hydrogen-bond donors (Lipinski definition) is 0. The van der Waals surface area contributed by atoms with E-state index in [1.54, 1.807) is 6.92 Å². The summed E-state index contributed by atoms with van der Waals surface area (Å²) in [6.45, 7) is 7.12. The van der Waals surface area contributed by atoms with Crippen molar-refractivity contribution in [3.8, 4) is 5.88 Å². The van der Waals surface area contributed by atoms with Crippen molar-refractivity contribution in [3.63, 3.8) is 0 Å². The number of methoxy groups -OCH3 is 1. The quantitative estimate of drug-likeness (QED) is 0.800. The van der Waals surface area contributed by atoms with E-state index in [1.807, 2.05) is 13.8 Å². The molecule has 2 heterocycles. The summed E-state index contributed by atoms with van der Waals surface area (Å²) < 4.78 is 44.5. The third-order valence-electron chi connectivity index (χ3n) is 2.37. The summed E-state index contributed by atoms with van der Waals surface area (Å²) in [4.78, 5) is 3.94. The first-order chi connectivity index (χ1) is 8.84. The van der Waals surface area contributed by atoms with Crippen molar-refractivity contribution >= 4 is 5.52 Å². The minimum absolute atomic E-state index is 0.0425. The summed E-state index contributed by atoms with van der Waals surface area (Å²) in [5.41, 5.74) is -0.583. The molecule has 0 aliphatic carbocycles. The van der Waals surface area contributed by atoms with E-state index in [2.05, 4.69) is 10.1 Å². The van der Waals surface area contributed by atoms with Crippen LogP contribution in [0, 0.1) is 13.8 Å². The molecule has 0 bridgehead atoms. The highest BCUT2D eigenvalue weighted by atomic mass is 19.4. The predicted octanol–water partition coefficient (Wildman–Crippen LogP) is 3.40. The van der Waals surface area contributed by atoms with Gasteiger partial charge in [-0.3, -0.25) is 0 Å². The van der Waals surface area contributed by atoms with Gasteiger partial charge < -0.3 is 4.74 Å². The van der Waals surface area contributed by atoms with Gasteiger partial charge in [-0.05, 0) is 13.8 Å². The van der Waals surface area contributed by atoms with Crippen LogP contribution in [-0.2, 0) is 6.18 Å². The van der Waals surface area contributed by atoms with Crippen LogP contribution < -0.4 is 4.74 Å². The number of alkyl halides is 3. The Bertz CT molecular complexity index is 576. The Balaban J connectivity index is 0.000000861. The van der Waals surface area contributed by atoms with Crippen molar-refractivity contribution in [1.29, 1.82) is 0 Å². The minimum atomic E-state index is -4.45. The number of rotatable bonds is 1. The highest BCUT2D eigenvalue weighted by Gasteiger charge is 2.36. The first kappa shape index (κ1) is 15.3. The topological polar surface area (TPSA) is 39.4 Å². The number of aryl methyl sites for hydroxylation is 2. The fourth-order valence-electron chi connectivity index (χ4n) is 1.75. The average Bonchev–Trinajstić information content (AvgIpc) is 2.70. The van der Waals surface area contributed by atoms with Gasteiger partial charge in [-0.1, -0.05) is 13.8 Å². The summed E-state index contributed by atoms with van der Waals surface area (Å²) in [5.74, 6) is 0.429. The lowest BCUT2D eigenvalue weighted by Crippen LogP contribution is -2.07. The highest BCUT2D eigenvalue weighted by molar-refractivity contribution is 5.62. The van der Waals surface area contributed by atoms with Crippen LogP contribution >= 0.6 is 0 Å². The molecule has 0 spiro atoms. The van der Waals surface area contributed by atoms with Crippen LogP contribution in [0.4, 0.5) is 13.2 Å². The van der Waals surface area contributed by atoms with Crippen LogP contribution in [0.3, 0.4) is 0 Å². The van der Waals surface area contributed by atoms with E-state index in [9.17, 15) is 13.2 Å². The lowest BCUT2D eigenvalue weighted by atomic mass is 10.2. The minimum Gasteiger partial charge on any atom is -0.481 e. The Kier molecular flexibility index (Phi) is 4.39. The molecule has 0 aliphatic rings. The Morgan fingerprint density at radius 2 is 1.79 bits per heavy atom. The molecule has 7 heteroatoms. The molecule has 0 aliphatic heterocycles. The Hall–Kier alpha value is -1.79. The molecule has 2 rings (SSSR count). The van der Waals surface area contributed by atoms with Gasteiger partial charge in [0.2, 0.25) is 5.88 Å². The summed E-state index contributed by atoms with van der Waals surface area (Å²) in [5, 5.41) is 3.92. The fraction of sp³-hybridized carbons (Fsp3) is 0.500. The zero-order valence-corrected chi connectivity index (χ0v) is 11.5. The maximum Gasteiger partial charge on any atom is 0.418 e. The molecule has 2 aromatic rings. The maximum atomic E-state index is 12.8. The van der Waals surface area contributed by atoms with Gasteiger partial charge >= 0.3 is 6.18 Å². The van der Waals surface area contributed by atoms with Gasteiger partial charge in [-0.25, -0.2) is 4.98 Å². The third-order valence-corrected chi connectivity index (χ3v) is 2.37. The van der Waals surface area contributed by atoms with Crippen molar-refractivity contribution in [2.24, 2.45) is 0 Å². The number of nitrogens with zero attached hydrogens (tertiary/aromatic N) is 3. The number of hydrogen-bond acceptors (Lipinski definition) is 3. The SMILES string of the molecule is CC.COc1cc(C(F)(F)F)c2c(C)nc(C)nn12. The lowest BCUT2D eigenvalue weighted by molar-refractivity contribution is -0.136. The van der Waals surface area contributed by atoms with Gasteiger partial charge in [-0.15, -0.1) is 5.10 Å². The average molecular weight is 275 g/mol. The van der Waals surface area contributed by atoms with Crippen molar-refractivity contribution in [3.05, 3.63) is 23.1 Å². The van der Waals surface area contributed by atoms with E-state index < -0.39 is 11.7 Å². The van der Waals surface area contributed by atoms with Crippen LogP contribution in [-0.4, -0.2) is 21.7 Å². The molecule has 0 radical (unpaired) electrons. The second-order valence-electron chi connectivity index (χ2n) is 3.60. The molecule has 106 valence electrons. The monoisotopic (exact) mass is 275 g/mol. The van der Waals surface area contributed by atoms with E-state index in [1.165, 1.54) is 14.0 Å². The van der Waals surface area contributed by atoms with Crippen LogP contribution in [0.2, 0.25) is 0 Å². The van der Waals surface area contributed by atoms with Crippen LogP contribution in [0.5, 0.6) is 5.88 Å². The molecule has 0 fully saturated rings. The second kappa shape index (κ2) is 5.46. The molecule has 0 saturated heterocycles. The maximum absolute atomic E-state index is 12.8. The summed E-state index contributed by atoms with van der Waals surface area (Å²) in [6, 6.07) is 0.927. The smallest absolute Gasteiger partial charge is 0.418 e. The molecule has 2 aromatic heterocycles. The van der Waals surface area contributed by atoms with Gasteiger partial charge in [0.05, 0.1) is 18.4 Å². The Morgan fingerprint density at radius 3 is 2.26 bits per heavy atom. The van der Waals surface area contributed by atoms with Crippen LogP contribution in [0.15, 0.2) is 6.07 Å². The second-order valence-corrected chi connectivity index (χ2v) is 3.60. The Morgan fingerprint density at radius 1 is 1.21 bits per heavy atom. The van der Waals surface area contributed by atoms with Crippen LogP contribution in [0.25, 0.3) is 5.52 Å². The number of halogens is 3. The van der Waals surface area contributed by atoms with Crippen molar-refractivity contribution in [2.75, 3.05) is 7.11 Å². The van der Waals surface area contributed by atoms with Gasteiger partial charge in [0, 0.05) is 6.07 Å². The van der Waals surface area contributed by atoms with Crippen LogP contribution in [0.1, 0.15) is 30.9 Å². The zero-order chi connectivity index (χ0) is 14.8. The normalized spacial score (nSPS) is 11.2. The fourth-order valence-corrected chi connectivity index (χ4v) is 1.75. The number of aromatic nitrogens is 3. The highest BCUT2D eigenvalue weighted by Crippen LogP contribution is 2.37.